The fraction of sp³-hybridized carbons (Fsp3) is 0.278. The van der Waals surface area contributed by atoms with Crippen LogP contribution in [0.3, 0.4) is 0 Å². The second-order valence-corrected chi connectivity index (χ2v) is 5.86. The monoisotopic (exact) mass is 377 g/mol. The molecule has 0 aliphatic rings. The van der Waals surface area contributed by atoms with Crippen LogP contribution >= 0.6 is 15.9 Å². The molecule has 0 unspecified atom stereocenters. The minimum atomic E-state index is -0.158. The molecule has 0 aliphatic carbocycles. The molecule has 1 amide bonds. The Bertz CT molecular complexity index is 659. The quantitative estimate of drug-likeness (QED) is 0.787. The highest BCUT2D eigenvalue weighted by atomic mass is 79.9. The van der Waals surface area contributed by atoms with E-state index in [2.05, 4.69) is 21.2 Å². The third-order valence-corrected chi connectivity index (χ3v) is 3.83. The normalized spacial score (nSPS) is 10.2. The van der Waals surface area contributed by atoms with Gasteiger partial charge in [-0.2, -0.15) is 0 Å². The molecule has 0 heterocycles. The van der Waals surface area contributed by atoms with E-state index in [0.29, 0.717) is 34.7 Å². The molecule has 0 atom stereocenters. The molecular formula is C18H20BrNO3. The van der Waals surface area contributed by atoms with E-state index in [4.69, 9.17) is 9.47 Å². The lowest BCUT2D eigenvalue weighted by atomic mass is 10.1. The summed E-state index contributed by atoms with van der Waals surface area (Å²) in [6.07, 6.45) is 0.898. The smallest absolute Gasteiger partial charge is 0.251 e. The first-order chi connectivity index (χ1) is 11.2. The van der Waals surface area contributed by atoms with Gasteiger partial charge < -0.3 is 14.8 Å². The van der Waals surface area contributed by atoms with Crippen LogP contribution in [0.15, 0.2) is 46.9 Å². The van der Waals surface area contributed by atoms with Crippen molar-refractivity contribution in [1.82, 2.24) is 5.32 Å². The van der Waals surface area contributed by atoms with Gasteiger partial charge in [0.1, 0.15) is 0 Å². The second-order valence-electron chi connectivity index (χ2n) is 5.01. The molecule has 0 radical (unpaired) electrons. The Morgan fingerprint density at radius 2 is 1.96 bits per heavy atom. The largest absolute Gasteiger partial charge is 0.493 e. The van der Waals surface area contributed by atoms with Gasteiger partial charge in [0.25, 0.3) is 5.91 Å². The van der Waals surface area contributed by atoms with Gasteiger partial charge in [0.15, 0.2) is 11.5 Å². The SMILES string of the molecule is CCCOc1c(Br)cc(C(=O)NCc2ccccc2)cc1OC. The fourth-order valence-electron chi connectivity index (χ4n) is 2.08. The molecule has 0 aliphatic heterocycles. The fourth-order valence-corrected chi connectivity index (χ4v) is 2.63. The van der Waals surface area contributed by atoms with E-state index in [1.807, 2.05) is 37.3 Å². The molecule has 1 N–H and O–H groups in total. The molecule has 2 rings (SSSR count). The van der Waals surface area contributed by atoms with Crippen LogP contribution in [0.1, 0.15) is 29.3 Å². The van der Waals surface area contributed by atoms with E-state index in [-0.39, 0.29) is 5.91 Å². The number of methoxy groups -OCH3 is 1. The Kier molecular flexibility index (Phi) is 6.47. The van der Waals surface area contributed by atoms with Gasteiger partial charge in [-0.25, -0.2) is 0 Å². The standard InChI is InChI=1S/C18H20BrNO3/c1-3-9-23-17-15(19)10-14(11-16(17)22-2)18(21)20-12-13-7-5-4-6-8-13/h4-8,10-11H,3,9,12H2,1-2H3,(H,20,21). The van der Waals surface area contributed by atoms with E-state index in [0.717, 1.165) is 12.0 Å². The maximum absolute atomic E-state index is 12.3. The Labute approximate surface area is 144 Å². The molecule has 0 saturated heterocycles. The van der Waals surface area contributed by atoms with Crippen molar-refractivity contribution in [3.63, 3.8) is 0 Å². The Morgan fingerprint density at radius 1 is 1.22 bits per heavy atom. The molecule has 5 heteroatoms. The van der Waals surface area contributed by atoms with Crippen molar-refractivity contribution in [3.05, 3.63) is 58.1 Å². The van der Waals surface area contributed by atoms with Crippen molar-refractivity contribution in [1.29, 1.82) is 0 Å². The summed E-state index contributed by atoms with van der Waals surface area (Å²) in [5.74, 6) is 1.00. The van der Waals surface area contributed by atoms with Gasteiger partial charge in [0.2, 0.25) is 0 Å². The summed E-state index contributed by atoms with van der Waals surface area (Å²) >= 11 is 3.45. The summed E-state index contributed by atoms with van der Waals surface area (Å²) < 4.78 is 11.7. The molecule has 23 heavy (non-hydrogen) atoms. The molecule has 2 aromatic carbocycles. The number of hydrogen-bond donors (Lipinski definition) is 1. The second kappa shape index (κ2) is 8.58. The van der Waals surface area contributed by atoms with E-state index in [1.54, 1.807) is 19.2 Å². The number of carbonyl (C=O) groups is 1. The minimum Gasteiger partial charge on any atom is -0.493 e. The zero-order valence-corrected chi connectivity index (χ0v) is 14.9. The van der Waals surface area contributed by atoms with Crippen molar-refractivity contribution in [2.75, 3.05) is 13.7 Å². The Morgan fingerprint density at radius 3 is 2.61 bits per heavy atom. The lowest BCUT2D eigenvalue weighted by Crippen LogP contribution is -2.22. The minimum absolute atomic E-state index is 0.158. The molecule has 0 bridgehead atoms. The predicted molar refractivity (Wildman–Crippen MR) is 94.1 cm³/mol. The van der Waals surface area contributed by atoms with Gasteiger partial charge in [-0.05, 0) is 40.0 Å². The van der Waals surface area contributed by atoms with Crippen molar-refractivity contribution in [3.8, 4) is 11.5 Å². The van der Waals surface area contributed by atoms with Gasteiger partial charge in [-0.15, -0.1) is 0 Å². The Hall–Kier alpha value is -2.01. The summed E-state index contributed by atoms with van der Waals surface area (Å²) in [7, 11) is 1.56. The van der Waals surface area contributed by atoms with Crippen LogP contribution in [0.2, 0.25) is 0 Å². The number of ether oxygens (including phenoxy) is 2. The molecule has 0 saturated carbocycles. The molecule has 122 valence electrons. The first-order valence-electron chi connectivity index (χ1n) is 7.48. The zero-order valence-electron chi connectivity index (χ0n) is 13.3. The topological polar surface area (TPSA) is 47.6 Å². The maximum atomic E-state index is 12.3. The third kappa shape index (κ3) is 4.73. The number of carbonyl (C=O) groups excluding carboxylic acids is 1. The molecule has 2 aromatic rings. The number of nitrogens with one attached hydrogen (secondary N) is 1. The van der Waals surface area contributed by atoms with Crippen LogP contribution in [-0.2, 0) is 6.54 Å². The van der Waals surface area contributed by atoms with Crippen molar-refractivity contribution in [2.45, 2.75) is 19.9 Å². The highest BCUT2D eigenvalue weighted by Crippen LogP contribution is 2.36. The van der Waals surface area contributed by atoms with Crippen LogP contribution in [0.25, 0.3) is 0 Å². The molecular weight excluding hydrogens is 358 g/mol. The average Bonchev–Trinajstić information content (AvgIpc) is 2.58. The lowest BCUT2D eigenvalue weighted by Gasteiger charge is -2.14. The van der Waals surface area contributed by atoms with Crippen LogP contribution in [0, 0.1) is 0 Å². The van der Waals surface area contributed by atoms with Crippen LogP contribution in [-0.4, -0.2) is 19.6 Å². The van der Waals surface area contributed by atoms with Gasteiger partial charge in [0.05, 0.1) is 18.2 Å². The molecule has 0 fully saturated rings. The summed E-state index contributed by atoms with van der Waals surface area (Å²) in [5.41, 5.74) is 1.57. The van der Waals surface area contributed by atoms with Crippen LogP contribution in [0.4, 0.5) is 0 Å². The summed E-state index contributed by atoms with van der Waals surface area (Å²) in [5, 5.41) is 2.90. The number of halogens is 1. The molecule has 0 aromatic heterocycles. The molecule has 0 spiro atoms. The highest BCUT2D eigenvalue weighted by molar-refractivity contribution is 9.10. The number of amides is 1. The zero-order chi connectivity index (χ0) is 16.7. The predicted octanol–water partition coefficient (Wildman–Crippen LogP) is 4.18. The van der Waals surface area contributed by atoms with E-state index < -0.39 is 0 Å². The summed E-state index contributed by atoms with van der Waals surface area (Å²) in [6.45, 7) is 3.11. The van der Waals surface area contributed by atoms with Crippen LogP contribution < -0.4 is 14.8 Å². The Balaban J connectivity index is 2.12. The summed E-state index contributed by atoms with van der Waals surface area (Å²) in [6, 6.07) is 13.2. The molecule has 4 nitrogen and oxygen atoms in total. The van der Waals surface area contributed by atoms with E-state index in [9.17, 15) is 4.79 Å². The summed E-state index contributed by atoms with van der Waals surface area (Å²) in [4.78, 5) is 12.3. The van der Waals surface area contributed by atoms with Crippen molar-refractivity contribution >= 4 is 21.8 Å². The van der Waals surface area contributed by atoms with Crippen molar-refractivity contribution < 1.29 is 14.3 Å². The van der Waals surface area contributed by atoms with Gasteiger partial charge in [0, 0.05) is 12.1 Å². The van der Waals surface area contributed by atoms with Gasteiger partial charge >= 0.3 is 0 Å². The number of rotatable bonds is 7. The number of hydrogen-bond acceptors (Lipinski definition) is 3. The van der Waals surface area contributed by atoms with Gasteiger partial charge in [-0.3, -0.25) is 4.79 Å². The first-order valence-corrected chi connectivity index (χ1v) is 8.27. The third-order valence-electron chi connectivity index (χ3n) is 3.24. The number of benzene rings is 2. The maximum Gasteiger partial charge on any atom is 0.251 e. The average molecular weight is 378 g/mol. The van der Waals surface area contributed by atoms with Crippen molar-refractivity contribution in [2.24, 2.45) is 0 Å². The van der Waals surface area contributed by atoms with Crippen LogP contribution in [0.5, 0.6) is 11.5 Å². The van der Waals surface area contributed by atoms with E-state index >= 15 is 0 Å². The lowest BCUT2D eigenvalue weighted by molar-refractivity contribution is 0.0950. The highest BCUT2D eigenvalue weighted by Gasteiger charge is 2.15. The first kappa shape index (κ1) is 17.3. The van der Waals surface area contributed by atoms with Gasteiger partial charge in [-0.1, -0.05) is 37.3 Å². The van der Waals surface area contributed by atoms with E-state index in [1.165, 1.54) is 0 Å².